The van der Waals surface area contributed by atoms with Gasteiger partial charge in [0.05, 0.1) is 27.4 Å². The molecule has 1 heterocycles. The van der Waals surface area contributed by atoms with Crippen LogP contribution in [0.15, 0.2) is 54.9 Å². The van der Waals surface area contributed by atoms with Gasteiger partial charge in [-0.1, -0.05) is 24.3 Å². The third-order valence-electron chi connectivity index (χ3n) is 6.29. The number of nitrogens with zero attached hydrogens (tertiary/aromatic N) is 1. The Kier molecular flexibility index (Phi) is 6.52. The van der Waals surface area contributed by atoms with Crippen molar-refractivity contribution in [2.45, 2.75) is 31.9 Å². The van der Waals surface area contributed by atoms with E-state index in [1.807, 2.05) is 30.6 Å². The molecule has 0 fully saturated rings. The van der Waals surface area contributed by atoms with Gasteiger partial charge >= 0.3 is 0 Å². The largest absolute Gasteiger partial charge is 0.493 e. The van der Waals surface area contributed by atoms with Crippen LogP contribution in [-0.4, -0.2) is 31.0 Å². The zero-order chi connectivity index (χ0) is 21.8. The summed E-state index contributed by atoms with van der Waals surface area (Å²) in [6.45, 7) is 0.716. The maximum absolute atomic E-state index is 11.5. The highest BCUT2D eigenvalue weighted by molar-refractivity contribution is 5.54. The molecule has 31 heavy (non-hydrogen) atoms. The molecular weight excluding hydrogens is 390 g/mol. The van der Waals surface area contributed by atoms with Crippen LogP contribution in [0.2, 0.25) is 0 Å². The van der Waals surface area contributed by atoms with Gasteiger partial charge in [-0.2, -0.15) is 0 Å². The number of aliphatic hydroxyl groups is 1. The Morgan fingerprint density at radius 2 is 1.68 bits per heavy atom. The standard InChI is InChI=1S/C26H30NO4/c1-29-23-15-21(16-24(30-2)26(23)31-3)25(28)22(17-27-10-6-7-11-27)14-18-12-19-8-4-5-9-20(19)13-18/h4-6,8-11,15-16,18,22,25,28H,12-14,17H2,1-3H3/t22-,25+/m0/s1. The molecule has 163 valence electrons. The van der Waals surface area contributed by atoms with Crippen molar-refractivity contribution in [3.63, 3.8) is 0 Å². The Morgan fingerprint density at radius 3 is 2.19 bits per heavy atom. The predicted molar refractivity (Wildman–Crippen MR) is 120 cm³/mol. The van der Waals surface area contributed by atoms with Crippen LogP contribution in [0.1, 0.15) is 29.2 Å². The first-order valence-electron chi connectivity index (χ1n) is 10.7. The number of hydrogen-bond acceptors (Lipinski definition) is 4. The van der Waals surface area contributed by atoms with Crippen molar-refractivity contribution in [1.82, 2.24) is 4.57 Å². The Labute approximate surface area is 184 Å². The summed E-state index contributed by atoms with van der Waals surface area (Å²) in [7, 11) is 4.77. The van der Waals surface area contributed by atoms with E-state index in [9.17, 15) is 5.11 Å². The molecule has 0 saturated carbocycles. The molecular formula is C26H30NO4. The maximum Gasteiger partial charge on any atom is 0.203 e. The van der Waals surface area contributed by atoms with Gasteiger partial charge in [0, 0.05) is 30.9 Å². The lowest BCUT2D eigenvalue weighted by molar-refractivity contribution is 0.0815. The minimum absolute atomic E-state index is 0.0305. The number of hydrogen-bond donors (Lipinski definition) is 1. The van der Waals surface area contributed by atoms with Gasteiger partial charge in [-0.05, 0) is 60.1 Å². The smallest absolute Gasteiger partial charge is 0.203 e. The number of benzene rings is 2. The van der Waals surface area contributed by atoms with Gasteiger partial charge in [-0.25, -0.2) is 0 Å². The molecule has 2 atom stereocenters. The number of rotatable bonds is 9. The Bertz CT molecular complexity index is 948. The van der Waals surface area contributed by atoms with Crippen molar-refractivity contribution in [3.8, 4) is 17.2 Å². The van der Waals surface area contributed by atoms with Crippen LogP contribution in [0, 0.1) is 17.9 Å². The van der Waals surface area contributed by atoms with Crippen LogP contribution >= 0.6 is 0 Å². The van der Waals surface area contributed by atoms with Crippen LogP contribution < -0.4 is 14.2 Å². The van der Waals surface area contributed by atoms with Crippen LogP contribution in [-0.2, 0) is 19.4 Å². The molecule has 0 amide bonds. The molecule has 0 spiro atoms. The van der Waals surface area contributed by atoms with Gasteiger partial charge in [-0.3, -0.25) is 0 Å². The van der Waals surface area contributed by atoms with Crippen molar-refractivity contribution in [1.29, 1.82) is 0 Å². The van der Waals surface area contributed by atoms with E-state index in [0.717, 1.165) is 24.8 Å². The summed E-state index contributed by atoms with van der Waals surface area (Å²) in [5.74, 6) is 2.18. The van der Waals surface area contributed by atoms with Gasteiger partial charge in [0.25, 0.3) is 0 Å². The highest BCUT2D eigenvalue weighted by Gasteiger charge is 2.30. The number of aliphatic hydroxyl groups excluding tert-OH is 1. The van der Waals surface area contributed by atoms with Gasteiger partial charge in [0.2, 0.25) is 5.75 Å². The van der Waals surface area contributed by atoms with Crippen molar-refractivity contribution in [2.75, 3.05) is 21.3 Å². The molecule has 0 bridgehead atoms. The lowest BCUT2D eigenvalue weighted by atomic mass is 9.85. The van der Waals surface area contributed by atoms with Crippen LogP contribution in [0.5, 0.6) is 17.2 Å². The van der Waals surface area contributed by atoms with E-state index in [-0.39, 0.29) is 5.92 Å². The van der Waals surface area contributed by atoms with Gasteiger partial charge in [0.15, 0.2) is 11.5 Å². The second-order valence-corrected chi connectivity index (χ2v) is 8.25. The van der Waals surface area contributed by atoms with E-state index < -0.39 is 6.10 Å². The summed E-state index contributed by atoms with van der Waals surface area (Å²) in [4.78, 5) is 0. The number of methoxy groups -OCH3 is 3. The molecule has 5 heteroatoms. The summed E-state index contributed by atoms with van der Waals surface area (Å²) in [5.41, 5.74) is 3.64. The van der Waals surface area contributed by atoms with Crippen molar-refractivity contribution < 1.29 is 19.3 Å². The van der Waals surface area contributed by atoms with Crippen molar-refractivity contribution >= 4 is 0 Å². The molecule has 1 aliphatic rings. The monoisotopic (exact) mass is 420 g/mol. The third kappa shape index (κ3) is 4.57. The molecule has 0 unspecified atom stereocenters. The van der Waals surface area contributed by atoms with E-state index in [0.29, 0.717) is 29.7 Å². The summed E-state index contributed by atoms with van der Waals surface area (Å²) >= 11 is 0. The van der Waals surface area contributed by atoms with E-state index in [1.54, 1.807) is 21.3 Å². The molecule has 1 aliphatic carbocycles. The summed E-state index contributed by atoms with van der Waals surface area (Å²) in [6.07, 6.45) is 6.31. The number of aromatic nitrogens is 1. The van der Waals surface area contributed by atoms with Gasteiger partial charge in [-0.15, -0.1) is 0 Å². The first-order chi connectivity index (χ1) is 15.1. The minimum Gasteiger partial charge on any atom is -0.493 e. The Morgan fingerprint density at radius 1 is 1.03 bits per heavy atom. The number of fused-ring (bicyclic) bond motifs is 1. The number of ether oxygens (including phenoxy) is 3. The molecule has 4 rings (SSSR count). The fourth-order valence-corrected chi connectivity index (χ4v) is 4.80. The first-order valence-corrected chi connectivity index (χ1v) is 10.7. The molecule has 0 saturated heterocycles. The lowest BCUT2D eigenvalue weighted by Gasteiger charge is -2.27. The van der Waals surface area contributed by atoms with Crippen LogP contribution in [0.25, 0.3) is 0 Å². The third-order valence-corrected chi connectivity index (χ3v) is 6.29. The van der Waals surface area contributed by atoms with Gasteiger partial charge in [0.1, 0.15) is 0 Å². The highest BCUT2D eigenvalue weighted by atomic mass is 16.5. The van der Waals surface area contributed by atoms with E-state index in [4.69, 9.17) is 14.2 Å². The minimum atomic E-state index is -0.667. The van der Waals surface area contributed by atoms with Crippen molar-refractivity contribution in [2.24, 2.45) is 11.8 Å². The molecule has 0 aliphatic heterocycles. The molecule has 2 aromatic carbocycles. The normalized spacial score (nSPS) is 15.4. The van der Waals surface area contributed by atoms with Crippen LogP contribution in [0.3, 0.4) is 0 Å². The summed E-state index contributed by atoms with van der Waals surface area (Å²) < 4.78 is 18.5. The summed E-state index contributed by atoms with van der Waals surface area (Å²) in [6, 6.07) is 17.4. The van der Waals surface area contributed by atoms with Crippen molar-refractivity contribution in [3.05, 3.63) is 77.6 Å². The second-order valence-electron chi connectivity index (χ2n) is 8.25. The topological polar surface area (TPSA) is 52.9 Å². The van der Waals surface area contributed by atoms with E-state index in [2.05, 4.69) is 34.9 Å². The average Bonchev–Trinajstić information content (AvgIpc) is 3.46. The molecule has 3 aromatic rings. The maximum atomic E-state index is 11.5. The summed E-state index contributed by atoms with van der Waals surface area (Å²) in [5, 5.41) is 11.5. The lowest BCUT2D eigenvalue weighted by Crippen LogP contribution is -2.22. The Hall–Kier alpha value is -2.92. The highest BCUT2D eigenvalue weighted by Crippen LogP contribution is 2.42. The fraction of sp³-hybridized carbons (Fsp3) is 0.385. The Balaban J connectivity index is 1.61. The SMILES string of the molecule is COc1cc([C@@H](O)[C@@H](CC2Cc3ccccc3C2)Cn2c[c]cc2)cc(OC)c1OC. The van der Waals surface area contributed by atoms with Crippen LogP contribution in [0.4, 0.5) is 0 Å². The average molecular weight is 421 g/mol. The van der Waals surface area contributed by atoms with E-state index in [1.165, 1.54) is 11.1 Å². The molecule has 1 aromatic heterocycles. The first kappa shape index (κ1) is 21.3. The quantitative estimate of drug-likeness (QED) is 0.555. The second kappa shape index (κ2) is 9.48. The van der Waals surface area contributed by atoms with Gasteiger partial charge < -0.3 is 23.9 Å². The molecule has 1 N–H and O–H groups in total. The zero-order valence-corrected chi connectivity index (χ0v) is 18.4. The fourth-order valence-electron chi connectivity index (χ4n) is 4.80. The predicted octanol–water partition coefficient (Wildman–Crippen LogP) is 4.47. The van der Waals surface area contributed by atoms with E-state index >= 15 is 0 Å². The zero-order valence-electron chi connectivity index (χ0n) is 18.4. The molecule has 1 radical (unpaired) electrons. The molecule has 5 nitrogen and oxygen atoms in total.